The van der Waals surface area contributed by atoms with Crippen molar-refractivity contribution >= 4 is 17.7 Å². The highest BCUT2D eigenvalue weighted by Crippen LogP contribution is 2.24. The van der Waals surface area contributed by atoms with E-state index in [-0.39, 0.29) is 11.4 Å². The molecule has 1 aromatic carbocycles. The fourth-order valence-corrected chi connectivity index (χ4v) is 1.38. The molecule has 0 saturated heterocycles. The number of hydrogen-bond acceptors (Lipinski definition) is 7. The Kier molecular flexibility index (Phi) is 2.98. The smallest absolute Gasteiger partial charge is 0.278 e. The van der Waals surface area contributed by atoms with Gasteiger partial charge in [-0.3, -0.25) is 25.0 Å². The van der Waals surface area contributed by atoms with Crippen molar-refractivity contribution in [3.8, 4) is 5.69 Å². The van der Waals surface area contributed by atoms with Crippen LogP contribution in [0.5, 0.6) is 0 Å². The predicted octanol–water partition coefficient (Wildman–Crippen LogP) is 0.896. The van der Waals surface area contributed by atoms with Gasteiger partial charge in [-0.15, -0.1) is 5.10 Å². The monoisotopic (exact) mass is 263 g/mol. The van der Waals surface area contributed by atoms with E-state index < -0.39 is 21.2 Å². The van der Waals surface area contributed by atoms with Crippen LogP contribution in [0.15, 0.2) is 24.4 Å². The van der Waals surface area contributed by atoms with Crippen LogP contribution in [-0.2, 0) is 0 Å². The Bertz CT molecular complexity index is 647. The summed E-state index contributed by atoms with van der Waals surface area (Å²) in [6.45, 7) is 0. The zero-order valence-corrected chi connectivity index (χ0v) is 9.16. The molecule has 0 unspecified atom stereocenters. The highest BCUT2D eigenvalue weighted by molar-refractivity contribution is 5.71. The van der Waals surface area contributed by atoms with E-state index >= 15 is 0 Å². The number of non-ortho nitro benzene ring substituents is 2. The first-order valence-corrected chi connectivity index (χ1v) is 4.83. The molecule has 10 nitrogen and oxygen atoms in total. The molecule has 0 spiro atoms. The normalized spacial score (nSPS) is 10.1. The molecule has 19 heavy (non-hydrogen) atoms. The number of rotatable bonds is 4. The van der Waals surface area contributed by atoms with Crippen LogP contribution in [0.2, 0.25) is 0 Å². The van der Waals surface area contributed by atoms with Gasteiger partial charge < -0.3 is 0 Å². The molecule has 2 aromatic rings. The van der Waals surface area contributed by atoms with Crippen molar-refractivity contribution in [2.24, 2.45) is 0 Å². The van der Waals surface area contributed by atoms with Crippen molar-refractivity contribution in [2.75, 3.05) is 0 Å². The maximum atomic E-state index is 10.7. The van der Waals surface area contributed by atoms with Crippen LogP contribution >= 0.6 is 0 Å². The molecule has 0 N–H and O–H groups in total. The van der Waals surface area contributed by atoms with Crippen LogP contribution in [0.4, 0.5) is 11.4 Å². The highest BCUT2D eigenvalue weighted by Gasteiger charge is 2.17. The van der Waals surface area contributed by atoms with E-state index in [1.807, 2.05) is 0 Å². The van der Waals surface area contributed by atoms with Gasteiger partial charge in [-0.2, -0.15) is 0 Å². The number of hydrogen-bond donors (Lipinski definition) is 0. The fourth-order valence-electron chi connectivity index (χ4n) is 1.38. The van der Waals surface area contributed by atoms with Crippen LogP contribution < -0.4 is 0 Å². The molecule has 0 saturated carbocycles. The van der Waals surface area contributed by atoms with Crippen molar-refractivity contribution in [3.63, 3.8) is 0 Å². The number of nitro benzene ring substituents is 2. The van der Waals surface area contributed by atoms with Gasteiger partial charge in [0, 0.05) is 12.1 Å². The summed E-state index contributed by atoms with van der Waals surface area (Å²) >= 11 is 0. The number of nitro groups is 2. The molecule has 0 bridgehead atoms. The average molecular weight is 263 g/mol. The second kappa shape index (κ2) is 4.60. The first kappa shape index (κ1) is 12.3. The van der Waals surface area contributed by atoms with E-state index in [2.05, 4.69) is 10.3 Å². The van der Waals surface area contributed by atoms with Crippen LogP contribution in [0.3, 0.4) is 0 Å². The molecule has 10 heteroatoms. The molecule has 0 atom stereocenters. The lowest BCUT2D eigenvalue weighted by atomic mass is 10.2. The Hall–Kier alpha value is -3.17. The number of nitrogens with zero attached hydrogens (tertiary/aromatic N) is 5. The zero-order valence-electron chi connectivity index (χ0n) is 9.16. The lowest BCUT2D eigenvalue weighted by Gasteiger charge is -2.00. The standard InChI is InChI=1S/C9H5N5O5/c15-5-6-4-12(11-10-6)7-1-8(13(16)17)3-9(2-7)14(18)19/h1-5H. The summed E-state index contributed by atoms with van der Waals surface area (Å²) in [5.41, 5.74) is -0.824. The molecule has 0 radical (unpaired) electrons. The second-order valence-electron chi connectivity index (χ2n) is 3.43. The topological polar surface area (TPSA) is 134 Å². The SMILES string of the molecule is O=Cc1cn(-c2cc([N+](=O)[O-])cc([N+](=O)[O-])c2)nn1. The minimum absolute atomic E-state index is 0.00848. The summed E-state index contributed by atoms with van der Waals surface area (Å²) in [6.07, 6.45) is 1.64. The maximum Gasteiger partial charge on any atom is 0.278 e. The van der Waals surface area contributed by atoms with E-state index in [4.69, 9.17) is 0 Å². The van der Waals surface area contributed by atoms with Crippen molar-refractivity contribution in [2.45, 2.75) is 0 Å². The summed E-state index contributed by atoms with van der Waals surface area (Å²) < 4.78 is 1.05. The molecular formula is C9H5N5O5. The summed E-state index contributed by atoms with van der Waals surface area (Å²) in [5, 5.41) is 28.4. The molecule has 1 heterocycles. The van der Waals surface area contributed by atoms with Gasteiger partial charge >= 0.3 is 0 Å². The number of aromatic nitrogens is 3. The molecule has 0 aliphatic heterocycles. The summed E-state index contributed by atoms with van der Waals surface area (Å²) in [7, 11) is 0. The second-order valence-corrected chi connectivity index (χ2v) is 3.43. The number of carbonyl (C=O) groups excluding carboxylic acids is 1. The Balaban J connectivity index is 2.58. The van der Waals surface area contributed by atoms with Crippen LogP contribution in [0.25, 0.3) is 5.69 Å². The third-order valence-electron chi connectivity index (χ3n) is 2.21. The van der Waals surface area contributed by atoms with Gasteiger partial charge in [-0.25, -0.2) is 4.68 Å². The van der Waals surface area contributed by atoms with Crippen LogP contribution in [0, 0.1) is 20.2 Å². The Morgan fingerprint density at radius 2 is 1.68 bits per heavy atom. The van der Waals surface area contributed by atoms with Gasteiger partial charge in [0.25, 0.3) is 11.4 Å². The van der Waals surface area contributed by atoms with E-state index in [9.17, 15) is 25.0 Å². The van der Waals surface area contributed by atoms with E-state index in [0.717, 1.165) is 22.9 Å². The van der Waals surface area contributed by atoms with Crippen molar-refractivity contribution in [1.82, 2.24) is 15.0 Å². The Morgan fingerprint density at radius 3 is 2.11 bits per heavy atom. The molecule has 0 amide bonds. The molecule has 0 fully saturated rings. The largest absolute Gasteiger partial charge is 0.296 e. The fraction of sp³-hybridized carbons (Fsp3) is 0. The predicted molar refractivity (Wildman–Crippen MR) is 60.1 cm³/mol. The van der Waals surface area contributed by atoms with Gasteiger partial charge in [0.15, 0.2) is 6.29 Å². The van der Waals surface area contributed by atoms with Crippen LogP contribution in [-0.4, -0.2) is 31.1 Å². The lowest BCUT2D eigenvalue weighted by Crippen LogP contribution is -1.99. The number of aldehydes is 1. The van der Waals surface area contributed by atoms with Crippen LogP contribution in [0.1, 0.15) is 10.5 Å². The molecule has 0 aliphatic rings. The molecule has 1 aromatic heterocycles. The van der Waals surface area contributed by atoms with Crippen molar-refractivity contribution in [3.05, 3.63) is 50.3 Å². The molecular weight excluding hydrogens is 258 g/mol. The summed E-state index contributed by atoms with van der Waals surface area (Å²) in [4.78, 5) is 30.4. The first-order chi connectivity index (χ1) is 9.01. The van der Waals surface area contributed by atoms with E-state index in [1.165, 1.54) is 6.20 Å². The van der Waals surface area contributed by atoms with Gasteiger partial charge in [-0.1, -0.05) is 5.21 Å². The summed E-state index contributed by atoms with van der Waals surface area (Å²) in [6, 6.07) is 3.02. The lowest BCUT2D eigenvalue weighted by molar-refractivity contribution is -0.394. The Labute approximate surface area is 104 Å². The van der Waals surface area contributed by atoms with E-state index in [0.29, 0.717) is 6.29 Å². The minimum Gasteiger partial charge on any atom is -0.296 e. The third-order valence-corrected chi connectivity index (χ3v) is 2.21. The maximum absolute atomic E-state index is 10.7. The quantitative estimate of drug-likeness (QED) is 0.454. The highest BCUT2D eigenvalue weighted by atomic mass is 16.6. The molecule has 0 aliphatic carbocycles. The Morgan fingerprint density at radius 1 is 1.11 bits per heavy atom. The van der Waals surface area contributed by atoms with Crippen molar-refractivity contribution in [1.29, 1.82) is 0 Å². The molecule has 2 rings (SSSR count). The number of benzene rings is 1. The zero-order chi connectivity index (χ0) is 14.0. The third kappa shape index (κ3) is 2.41. The van der Waals surface area contributed by atoms with Gasteiger partial charge in [0.1, 0.15) is 5.69 Å². The number of carbonyl (C=O) groups is 1. The molecule has 96 valence electrons. The first-order valence-electron chi connectivity index (χ1n) is 4.83. The van der Waals surface area contributed by atoms with Gasteiger partial charge in [0.2, 0.25) is 0 Å². The minimum atomic E-state index is -0.756. The average Bonchev–Trinajstić information content (AvgIpc) is 2.86. The van der Waals surface area contributed by atoms with Gasteiger partial charge in [-0.05, 0) is 0 Å². The van der Waals surface area contributed by atoms with E-state index in [1.54, 1.807) is 0 Å². The summed E-state index contributed by atoms with van der Waals surface area (Å²) in [5.74, 6) is 0. The van der Waals surface area contributed by atoms with Gasteiger partial charge in [0.05, 0.1) is 27.8 Å². The van der Waals surface area contributed by atoms with Crippen molar-refractivity contribution < 1.29 is 14.6 Å².